The summed E-state index contributed by atoms with van der Waals surface area (Å²) in [6.07, 6.45) is 4.73. The van der Waals surface area contributed by atoms with Crippen LogP contribution >= 0.6 is 0 Å². The van der Waals surface area contributed by atoms with Gasteiger partial charge >= 0.3 is 0 Å². The molecule has 0 saturated carbocycles. The number of aryl methyl sites for hydroxylation is 1. The first kappa shape index (κ1) is 13.2. The fourth-order valence-electron chi connectivity index (χ4n) is 1.90. The Morgan fingerprint density at radius 1 is 1.31 bits per heavy atom. The normalized spacial score (nSPS) is 12.8. The lowest BCUT2D eigenvalue weighted by Gasteiger charge is -2.17. The second-order valence-electron chi connectivity index (χ2n) is 4.35. The number of unbranched alkanes of at least 4 members (excludes halogenated alkanes) is 2. The molecule has 1 nitrogen and oxygen atoms in total. The SMILES string of the molecule is CCCCCC(NC)c1ccc(C)c(F)c1. The monoisotopic (exact) mass is 223 g/mol. The average Bonchev–Trinajstić information content (AvgIpc) is 2.29. The predicted molar refractivity (Wildman–Crippen MR) is 67.1 cm³/mol. The highest BCUT2D eigenvalue weighted by Crippen LogP contribution is 2.21. The van der Waals surface area contributed by atoms with Crippen LogP contribution in [0.15, 0.2) is 18.2 Å². The molecule has 0 aliphatic heterocycles. The lowest BCUT2D eigenvalue weighted by molar-refractivity contribution is 0.507. The Balaban J connectivity index is 2.67. The standard InChI is InChI=1S/C14H22FN/c1-4-5-6-7-14(16-3)12-9-8-11(2)13(15)10-12/h8-10,14,16H,4-7H2,1-3H3. The zero-order chi connectivity index (χ0) is 12.0. The number of halogens is 1. The summed E-state index contributed by atoms with van der Waals surface area (Å²) >= 11 is 0. The molecule has 0 aliphatic carbocycles. The van der Waals surface area contributed by atoms with Gasteiger partial charge in [0.1, 0.15) is 5.82 Å². The Bertz CT molecular complexity index is 323. The highest BCUT2D eigenvalue weighted by Gasteiger charge is 2.10. The molecule has 0 amide bonds. The second kappa shape index (κ2) is 6.64. The van der Waals surface area contributed by atoms with Crippen molar-refractivity contribution in [2.75, 3.05) is 7.05 Å². The van der Waals surface area contributed by atoms with E-state index in [9.17, 15) is 4.39 Å². The molecule has 0 radical (unpaired) electrons. The van der Waals surface area contributed by atoms with Crippen LogP contribution in [0.5, 0.6) is 0 Å². The van der Waals surface area contributed by atoms with E-state index in [-0.39, 0.29) is 11.9 Å². The molecule has 1 unspecified atom stereocenters. The number of benzene rings is 1. The van der Waals surface area contributed by atoms with E-state index in [0.29, 0.717) is 5.56 Å². The zero-order valence-electron chi connectivity index (χ0n) is 10.5. The van der Waals surface area contributed by atoms with E-state index in [1.165, 1.54) is 19.3 Å². The van der Waals surface area contributed by atoms with Crippen molar-refractivity contribution < 1.29 is 4.39 Å². The summed E-state index contributed by atoms with van der Waals surface area (Å²) in [7, 11) is 1.94. The van der Waals surface area contributed by atoms with Crippen LogP contribution in [0.2, 0.25) is 0 Å². The molecule has 0 bridgehead atoms. The third kappa shape index (κ3) is 3.60. The van der Waals surface area contributed by atoms with Crippen LogP contribution in [-0.2, 0) is 0 Å². The van der Waals surface area contributed by atoms with Crippen LogP contribution in [0.25, 0.3) is 0 Å². The summed E-state index contributed by atoms with van der Waals surface area (Å²) in [6.45, 7) is 3.99. The molecular formula is C14H22FN. The van der Waals surface area contributed by atoms with Gasteiger partial charge in [-0.1, -0.05) is 38.3 Å². The molecule has 0 aromatic heterocycles. The summed E-state index contributed by atoms with van der Waals surface area (Å²) in [5, 5.41) is 3.26. The van der Waals surface area contributed by atoms with Gasteiger partial charge in [-0.05, 0) is 37.6 Å². The molecule has 0 spiro atoms. The van der Waals surface area contributed by atoms with Crippen molar-refractivity contribution in [3.8, 4) is 0 Å². The first-order valence-electron chi connectivity index (χ1n) is 6.12. The van der Waals surface area contributed by atoms with Crippen molar-refractivity contribution in [1.82, 2.24) is 5.32 Å². The third-order valence-electron chi connectivity index (χ3n) is 3.04. The quantitative estimate of drug-likeness (QED) is 0.719. The largest absolute Gasteiger partial charge is 0.313 e. The Kier molecular flexibility index (Phi) is 5.47. The molecule has 2 heteroatoms. The van der Waals surface area contributed by atoms with Crippen molar-refractivity contribution in [3.05, 3.63) is 35.1 Å². The molecule has 90 valence electrons. The minimum absolute atomic E-state index is 0.103. The van der Waals surface area contributed by atoms with E-state index in [1.54, 1.807) is 13.0 Å². The van der Waals surface area contributed by atoms with Crippen molar-refractivity contribution in [2.24, 2.45) is 0 Å². The second-order valence-corrected chi connectivity index (χ2v) is 4.35. The van der Waals surface area contributed by atoms with Crippen LogP contribution in [0.4, 0.5) is 4.39 Å². The molecule has 0 heterocycles. The van der Waals surface area contributed by atoms with Crippen LogP contribution in [0.1, 0.15) is 49.8 Å². The predicted octanol–water partition coefficient (Wildman–Crippen LogP) is 3.97. The Morgan fingerprint density at radius 2 is 2.06 bits per heavy atom. The smallest absolute Gasteiger partial charge is 0.126 e. The minimum atomic E-state index is -0.103. The van der Waals surface area contributed by atoms with E-state index in [2.05, 4.69) is 12.2 Å². The Labute approximate surface area is 98.1 Å². The summed E-state index contributed by atoms with van der Waals surface area (Å²) in [4.78, 5) is 0. The van der Waals surface area contributed by atoms with Gasteiger partial charge in [0.05, 0.1) is 0 Å². The van der Waals surface area contributed by atoms with E-state index < -0.39 is 0 Å². The molecule has 1 aromatic carbocycles. The lowest BCUT2D eigenvalue weighted by Crippen LogP contribution is -2.16. The van der Waals surface area contributed by atoms with E-state index in [4.69, 9.17) is 0 Å². The fraction of sp³-hybridized carbons (Fsp3) is 0.571. The third-order valence-corrected chi connectivity index (χ3v) is 3.04. The molecule has 1 rings (SSSR count). The van der Waals surface area contributed by atoms with Gasteiger partial charge in [-0.2, -0.15) is 0 Å². The highest BCUT2D eigenvalue weighted by atomic mass is 19.1. The van der Waals surface area contributed by atoms with Crippen molar-refractivity contribution in [3.63, 3.8) is 0 Å². The highest BCUT2D eigenvalue weighted by molar-refractivity contribution is 5.25. The fourth-order valence-corrected chi connectivity index (χ4v) is 1.90. The number of hydrogen-bond donors (Lipinski definition) is 1. The Hall–Kier alpha value is -0.890. The number of hydrogen-bond acceptors (Lipinski definition) is 1. The van der Waals surface area contributed by atoms with Crippen molar-refractivity contribution in [1.29, 1.82) is 0 Å². The maximum absolute atomic E-state index is 13.4. The van der Waals surface area contributed by atoms with Gasteiger partial charge in [0.2, 0.25) is 0 Å². The van der Waals surface area contributed by atoms with Gasteiger partial charge in [-0.3, -0.25) is 0 Å². The van der Waals surface area contributed by atoms with Gasteiger partial charge in [-0.25, -0.2) is 4.39 Å². The summed E-state index contributed by atoms with van der Waals surface area (Å²) < 4.78 is 13.4. The topological polar surface area (TPSA) is 12.0 Å². The molecule has 0 fully saturated rings. The first-order chi connectivity index (χ1) is 7.69. The van der Waals surface area contributed by atoms with Gasteiger partial charge in [0, 0.05) is 6.04 Å². The molecular weight excluding hydrogens is 201 g/mol. The van der Waals surface area contributed by atoms with Gasteiger partial charge in [0.25, 0.3) is 0 Å². The molecule has 1 N–H and O–H groups in total. The van der Waals surface area contributed by atoms with E-state index >= 15 is 0 Å². The lowest BCUT2D eigenvalue weighted by atomic mass is 9.99. The maximum Gasteiger partial charge on any atom is 0.126 e. The summed E-state index contributed by atoms with van der Waals surface area (Å²) in [6, 6.07) is 5.81. The molecule has 1 aromatic rings. The van der Waals surface area contributed by atoms with E-state index in [1.807, 2.05) is 19.2 Å². The van der Waals surface area contributed by atoms with E-state index in [0.717, 1.165) is 12.0 Å². The average molecular weight is 223 g/mol. The minimum Gasteiger partial charge on any atom is -0.313 e. The molecule has 0 aliphatic rings. The van der Waals surface area contributed by atoms with Crippen LogP contribution in [-0.4, -0.2) is 7.05 Å². The Morgan fingerprint density at radius 3 is 2.62 bits per heavy atom. The number of rotatable bonds is 6. The number of nitrogens with one attached hydrogen (secondary N) is 1. The first-order valence-corrected chi connectivity index (χ1v) is 6.12. The van der Waals surface area contributed by atoms with Crippen molar-refractivity contribution >= 4 is 0 Å². The van der Waals surface area contributed by atoms with Crippen LogP contribution in [0, 0.1) is 12.7 Å². The van der Waals surface area contributed by atoms with Crippen molar-refractivity contribution in [2.45, 2.75) is 45.6 Å². The van der Waals surface area contributed by atoms with Crippen LogP contribution in [0.3, 0.4) is 0 Å². The summed E-state index contributed by atoms with van der Waals surface area (Å²) in [5.74, 6) is -0.103. The maximum atomic E-state index is 13.4. The van der Waals surface area contributed by atoms with Gasteiger partial charge < -0.3 is 5.32 Å². The summed E-state index contributed by atoms with van der Waals surface area (Å²) in [5.41, 5.74) is 1.77. The van der Waals surface area contributed by atoms with Gasteiger partial charge in [0.15, 0.2) is 0 Å². The molecule has 0 saturated heterocycles. The van der Waals surface area contributed by atoms with Gasteiger partial charge in [-0.15, -0.1) is 0 Å². The molecule has 1 atom stereocenters. The van der Waals surface area contributed by atoms with Crippen LogP contribution < -0.4 is 5.32 Å². The zero-order valence-corrected chi connectivity index (χ0v) is 10.5. The molecule has 16 heavy (non-hydrogen) atoms.